The molecular formula is C13H17NO3S2. The summed E-state index contributed by atoms with van der Waals surface area (Å²) < 4.78 is 0. The first-order valence-electron chi connectivity index (χ1n) is 6.18. The van der Waals surface area contributed by atoms with E-state index in [0.29, 0.717) is 12.5 Å². The number of carbonyl (C=O) groups is 2. The molecule has 104 valence electrons. The van der Waals surface area contributed by atoms with Crippen LogP contribution in [0.15, 0.2) is 17.5 Å². The van der Waals surface area contributed by atoms with Crippen LogP contribution in [-0.4, -0.2) is 39.4 Å². The van der Waals surface area contributed by atoms with Crippen LogP contribution in [0.1, 0.15) is 24.8 Å². The number of carboxylic acid groups (broad SMARTS) is 1. The Morgan fingerprint density at radius 3 is 2.84 bits per heavy atom. The van der Waals surface area contributed by atoms with E-state index >= 15 is 0 Å². The number of carbonyl (C=O) groups excluding carboxylic acids is 1. The van der Waals surface area contributed by atoms with Crippen molar-refractivity contribution in [3.8, 4) is 0 Å². The Morgan fingerprint density at radius 2 is 2.32 bits per heavy atom. The average molecular weight is 299 g/mol. The van der Waals surface area contributed by atoms with E-state index in [9.17, 15) is 14.7 Å². The highest BCUT2D eigenvalue weighted by Crippen LogP contribution is 2.39. The van der Waals surface area contributed by atoms with E-state index in [1.54, 1.807) is 4.90 Å². The lowest BCUT2D eigenvalue weighted by atomic mass is 10.1. The monoisotopic (exact) mass is 299 g/mol. The third kappa shape index (κ3) is 3.12. The van der Waals surface area contributed by atoms with Crippen LogP contribution in [0.2, 0.25) is 0 Å². The molecule has 1 fully saturated rings. The number of nitrogens with zero attached hydrogens (tertiary/aromatic N) is 1. The lowest BCUT2D eigenvalue weighted by Crippen LogP contribution is -2.48. The van der Waals surface area contributed by atoms with Crippen LogP contribution in [0.4, 0.5) is 0 Å². The van der Waals surface area contributed by atoms with Crippen molar-refractivity contribution in [3.63, 3.8) is 0 Å². The highest BCUT2D eigenvalue weighted by Gasteiger charge is 2.41. The number of hydrogen-bond acceptors (Lipinski definition) is 4. The first kappa shape index (κ1) is 14.4. The predicted octanol–water partition coefficient (Wildman–Crippen LogP) is 2.47. The summed E-state index contributed by atoms with van der Waals surface area (Å²) in [5, 5.41) is 10.7. The molecule has 0 radical (unpaired) electrons. The van der Waals surface area contributed by atoms with Gasteiger partial charge in [-0.15, -0.1) is 23.1 Å². The molecule has 0 spiro atoms. The maximum absolute atomic E-state index is 12.1. The van der Waals surface area contributed by atoms with Crippen molar-refractivity contribution in [2.45, 2.75) is 25.1 Å². The minimum Gasteiger partial charge on any atom is -0.480 e. The van der Waals surface area contributed by atoms with Crippen molar-refractivity contribution in [3.05, 3.63) is 22.4 Å². The van der Waals surface area contributed by atoms with Crippen molar-refractivity contribution in [2.24, 2.45) is 5.92 Å². The third-order valence-corrected chi connectivity index (χ3v) is 5.14. The SMILES string of the molecule is CC(C)CN1C(=O)CSC(C(=O)O)C1c1cccs1. The fourth-order valence-corrected chi connectivity index (χ4v) is 4.30. The molecule has 0 saturated carbocycles. The highest BCUT2D eigenvalue weighted by molar-refractivity contribution is 8.01. The van der Waals surface area contributed by atoms with Gasteiger partial charge >= 0.3 is 5.97 Å². The predicted molar refractivity (Wildman–Crippen MR) is 77.5 cm³/mol. The summed E-state index contributed by atoms with van der Waals surface area (Å²) in [7, 11) is 0. The summed E-state index contributed by atoms with van der Waals surface area (Å²) in [6.45, 7) is 4.68. The first-order chi connectivity index (χ1) is 9.00. The summed E-state index contributed by atoms with van der Waals surface area (Å²) in [4.78, 5) is 26.3. The Bertz CT molecular complexity index is 458. The molecule has 1 aromatic rings. The molecule has 1 aliphatic heterocycles. The molecule has 0 aliphatic carbocycles. The zero-order valence-corrected chi connectivity index (χ0v) is 12.5. The largest absolute Gasteiger partial charge is 0.480 e. The van der Waals surface area contributed by atoms with Gasteiger partial charge in [-0.05, 0) is 17.4 Å². The molecule has 1 amide bonds. The summed E-state index contributed by atoms with van der Waals surface area (Å²) in [5.74, 6) is -0.228. The van der Waals surface area contributed by atoms with E-state index in [1.165, 1.54) is 23.1 Å². The molecular weight excluding hydrogens is 282 g/mol. The molecule has 1 aromatic heterocycles. The summed E-state index contributed by atoms with van der Waals surface area (Å²) >= 11 is 2.75. The fraction of sp³-hybridized carbons (Fsp3) is 0.538. The van der Waals surface area contributed by atoms with E-state index < -0.39 is 11.2 Å². The molecule has 0 bridgehead atoms. The Balaban J connectivity index is 2.35. The van der Waals surface area contributed by atoms with E-state index in [0.717, 1.165) is 4.88 Å². The molecule has 1 saturated heterocycles. The molecule has 1 N–H and O–H groups in total. The molecule has 19 heavy (non-hydrogen) atoms. The van der Waals surface area contributed by atoms with Gasteiger partial charge in [-0.3, -0.25) is 9.59 Å². The van der Waals surface area contributed by atoms with Gasteiger partial charge in [0.15, 0.2) is 0 Å². The highest BCUT2D eigenvalue weighted by atomic mass is 32.2. The normalized spacial score (nSPS) is 23.9. The molecule has 2 heterocycles. The third-order valence-electron chi connectivity index (χ3n) is 2.97. The Labute approximate surface area is 120 Å². The Kier molecular flexibility index (Phi) is 4.52. The zero-order chi connectivity index (χ0) is 14.0. The van der Waals surface area contributed by atoms with Crippen LogP contribution in [-0.2, 0) is 9.59 Å². The van der Waals surface area contributed by atoms with Crippen LogP contribution in [0.5, 0.6) is 0 Å². The summed E-state index contributed by atoms with van der Waals surface area (Å²) in [5.41, 5.74) is 0. The lowest BCUT2D eigenvalue weighted by Gasteiger charge is -2.39. The van der Waals surface area contributed by atoms with Crippen LogP contribution in [0.25, 0.3) is 0 Å². The van der Waals surface area contributed by atoms with Gasteiger partial charge in [-0.25, -0.2) is 0 Å². The molecule has 2 unspecified atom stereocenters. The molecule has 1 aliphatic rings. The minimum absolute atomic E-state index is 0.0367. The van der Waals surface area contributed by atoms with E-state index in [4.69, 9.17) is 0 Å². The number of thiophene rings is 1. The Hall–Kier alpha value is -1.01. The smallest absolute Gasteiger partial charge is 0.319 e. The molecule has 2 atom stereocenters. The minimum atomic E-state index is -0.843. The van der Waals surface area contributed by atoms with Crippen LogP contribution < -0.4 is 0 Å². The van der Waals surface area contributed by atoms with Gasteiger partial charge in [-0.2, -0.15) is 0 Å². The second-order valence-corrected chi connectivity index (χ2v) is 7.08. The van der Waals surface area contributed by atoms with Gasteiger partial charge in [-0.1, -0.05) is 19.9 Å². The summed E-state index contributed by atoms with van der Waals surface area (Å²) in [6, 6.07) is 3.47. The topological polar surface area (TPSA) is 57.6 Å². The van der Waals surface area contributed by atoms with Crippen molar-refractivity contribution in [1.29, 1.82) is 0 Å². The fourth-order valence-electron chi connectivity index (χ4n) is 2.23. The molecule has 6 heteroatoms. The second kappa shape index (κ2) is 5.96. The van der Waals surface area contributed by atoms with Crippen LogP contribution >= 0.6 is 23.1 Å². The van der Waals surface area contributed by atoms with Crippen molar-refractivity contribution < 1.29 is 14.7 Å². The van der Waals surface area contributed by atoms with Crippen LogP contribution in [0, 0.1) is 5.92 Å². The first-order valence-corrected chi connectivity index (χ1v) is 8.11. The Morgan fingerprint density at radius 1 is 1.58 bits per heavy atom. The van der Waals surface area contributed by atoms with Gasteiger partial charge in [0.05, 0.1) is 11.8 Å². The number of amides is 1. The maximum atomic E-state index is 12.1. The van der Waals surface area contributed by atoms with Gasteiger partial charge in [0.1, 0.15) is 5.25 Å². The quantitative estimate of drug-likeness (QED) is 0.928. The lowest BCUT2D eigenvalue weighted by molar-refractivity contribution is -0.140. The molecule has 0 aromatic carbocycles. The standard InChI is InChI=1S/C13H17NO3S2/c1-8(2)6-14-10(15)7-19-12(13(16)17)11(14)9-4-3-5-18-9/h3-5,8,11-12H,6-7H2,1-2H3,(H,16,17). The van der Waals surface area contributed by atoms with E-state index in [2.05, 4.69) is 0 Å². The number of thioether (sulfide) groups is 1. The second-order valence-electron chi connectivity index (χ2n) is 4.97. The average Bonchev–Trinajstić information content (AvgIpc) is 2.84. The van der Waals surface area contributed by atoms with E-state index in [-0.39, 0.29) is 17.7 Å². The summed E-state index contributed by atoms with van der Waals surface area (Å²) in [6.07, 6.45) is 0. The van der Waals surface area contributed by atoms with Crippen molar-refractivity contribution in [1.82, 2.24) is 4.90 Å². The number of rotatable bonds is 4. The van der Waals surface area contributed by atoms with Crippen LogP contribution in [0.3, 0.4) is 0 Å². The molecule has 4 nitrogen and oxygen atoms in total. The van der Waals surface area contributed by atoms with Gasteiger partial charge in [0.25, 0.3) is 0 Å². The molecule has 2 rings (SSSR count). The van der Waals surface area contributed by atoms with E-state index in [1.807, 2.05) is 31.4 Å². The van der Waals surface area contributed by atoms with Gasteiger partial charge in [0.2, 0.25) is 5.91 Å². The number of carboxylic acids is 1. The number of hydrogen-bond donors (Lipinski definition) is 1. The van der Waals surface area contributed by atoms with Gasteiger partial charge in [0, 0.05) is 11.4 Å². The van der Waals surface area contributed by atoms with Gasteiger partial charge < -0.3 is 10.0 Å². The zero-order valence-electron chi connectivity index (χ0n) is 10.9. The number of aliphatic carboxylic acids is 1. The van der Waals surface area contributed by atoms with Crippen molar-refractivity contribution >= 4 is 35.0 Å². The van der Waals surface area contributed by atoms with Crippen molar-refractivity contribution in [2.75, 3.05) is 12.3 Å². The maximum Gasteiger partial charge on any atom is 0.319 e.